The molecule has 1 aromatic rings. The Hall–Kier alpha value is -0.280. The smallest absolute Gasteiger partial charge is 0.152 e. The zero-order valence-electron chi connectivity index (χ0n) is 11.6. The van der Waals surface area contributed by atoms with E-state index < -0.39 is 0 Å². The van der Waals surface area contributed by atoms with Gasteiger partial charge < -0.3 is 5.32 Å². The molecule has 19 heavy (non-hydrogen) atoms. The minimum absolute atomic E-state index is 0.318. The number of halogens is 2. The van der Waals surface area contributed by atoms with Crippen LogP contribution < -0.4 is 5.32 Å². The first-order chi connectivity index (χ1) is 8.83. The predicted molar refractivity (Wildman–Crippen MR) is 83.6 cm³/mol. The first-order valence-corrected chi connectivity index (χ1v) is 8.08. The topological polar surface area (TPSA) is 24.9 Å². The third-order valence-corrected chi connectivity index (χ3v) is 6.11. The summed E-state index contributed by atoms with van der Waals surface area (Å²) in [6.45, 7) is 7.19. The third-order valence-electron chi connectivity index (χ3n) is 5.38. The first kappa shape index (κ1) is 13.7. The normalized spacial score (nSPS) is 35.6. The molecule has 2 aliphatic rings. The molecule has 0 saturated heterocycles. The molecular weight excluding hydrogens is 324 g/mol. The summed E-state index contributed by atoms with van der Waals surface area (Å²) in [7, 11) is 0. The number of anilines is 1. The van der Waals surface area contributed by atoms with Crippen molar-refractivity contribution in [1.29, 1.82) is 0 Å². The molecule has 1 aromatic heterocycles. The van der Waals surface area contributed by atoms with Gasteiger partial charge in [-0.3, -0.25) is 0 Å². The van der Waals surface area contributed by atoms with Crippen LogP contribution in [0.25, 0.3) is 0 Å². The maximum absolute atomic E-state index is 6.22. The summed E-state index contributed by atoms with van der Waals surface area (Å²) in [5.74, 6) is 0.828. The van der Waals surface area contributed by atoms with Crippen molar-refractivity contribution >= 4 is 33.2 Å². The van der Waals surface area contributed by atoms with E-state index in [1.165, 1.54) is 19.3 Å². The molecule has 1 N–H and O–H groups in total. The summed E-state index contributed by atoms with van der Waals surface area (Å²) < 4.78 is 0.963. The average Bonchev–Trinajstić information content (AvgIpc) is 2.80. The Morgan fingerprint density at radius 3 is 2.79 bits per heavy atom. The summed E-state index contributed by atoms with van der Waals surface area (Å²) in [6, 6.07) is 2.49. The number of hydrogen-bond acceptors (Lipinski definition) is 2. The highest BCUT2D eigenvalue weighted by Crippen LogP contribution is 2.63. The molecule has 2 nitrogen and oxygen atoms in total. The molecule has 2 aliphatic carbocycles. The van der Waals surface area contributed by atoms with E-state index in [0.717, 1.165) is 16.1 Å². The van der Waals surface area contributed by atoms with Gasteiger partial charge >= 0.3 is 0 Å². The van der Waals surface area contributed by atoms with Gasteiger partial charge in [-0.1, -0.05) is 32.4 Å². The van der Waals surface area contributed by atoms with Crippen molar-refractivity contribution < 1.29 is 0 Å². The van der Waals surface area contributed by atoms with Crippen LogP contribution >= 0.6 is 27.5 Å². The van der Waals surface area contributed by atoms with Gasteiger partial charge in [0, 0.05) is 16.7 Å². The van der Waals surface area contributed by atoms with Crippen molar-refractivity contribution in [3.8, 4) is 0 Å². The van der Waals surface area contributed by atoms with Gasteiger partial charge in [0.15, 0.2) is 5.15 Å². The van der Waals surface area contributed by atoms with E-state index in [4.69, 9.17) is 11.6 Å². The zero-order chi connectivity index (χ0) is 13.8. The minimum atomic E-state index is 0.318. The molecule has 1 unspecified atom stereocenters. The Morgan fingerprint density at radius 2 is 2.16 bits per heavy atom. The number of nitrogens with zero attached hydrogens (tertiary/aromatic N) is 1. The highest BCUT2D eigenvalue weighted by atomic mass is 79.9. The Labute approximate surface area is 128 Å². The second-order valence-electron chi connectivity index (χ2n) is 6.98. The summed E-state index contributed by atoms with van der Waals surface area (Å²) in [5.41, 5.74) is 1.65. The predicted octanol–water partition coefficient (Wildman–Crippen LogP) is 5.12. The standard InChI is InChI=1S/C15H20BrClN2/c1-14(2)9-4-5-15(3,7-9)13(14)19-11-6-10(16)8-18-12(11)17/h6,8-9,13,19H,4-5,7H2,1-3H3/t9-,13?,15+/m0/s1. The lowest BCUT2D eigenvalue weighted by Crippen LogP contribution is -2.45. The molecule has 4 heteroatoms. The number of aromatic nitrogens is 1. The molecule has 0 aliphatic heterocycles. The van der Waals surface area contributed by atoms with Crippen molar-refractivity contribution in [2.75, 3.05) is 5.32 Å². The van der Waals surface area contributed by atoms with Gasteiger partial charge in [0.2, 0.25) is 0 Å². The molecular formula is C15H20BrClN2. The van der Waals surface area contributed by atoms with Crippen molar-refractivity contribution in [3.63, 3.8) is 0 Å². The van der Waals surface area contributed by atoms with Crippen LogP contribution in [0, 0.1) is 16.7 Å². The van der Waals surface area contributed by atoms with Crippen molar-refractivity contribution in [2.45, 2.75) is 46.1 Å². The number of fused-ring (bicyclic) bond motifs is 2. The molecule has 3 rings (SSSR count). The summed E-state index contributed by atoms with van der Waals surface area (Å²) in [5, 5.41) is 4.25. The number of nitrogens with one attached hydrogen (secondary N) is 1. The fourth-order valence-electron chi connectivity index (χ4n) is 4.34. The fraction of sp³-hybridized carbons (Fsp3) is 0.667. The van der Waals surface area contributed by atoms with Crippen LogP contribution in [-0.2, 0) is 0 Å². The fourth-order valence-corrected chi connectivity index (χ4v) is 4.83. The van der Waals surface area contributed by atoms with E-state index in [9.17, 15) is 0 Å². The van der Waals surface area contributed by atoms with E-state index >= 15 is 0 Å². The molecule has 3 atom stereocenters. The van der Waals surface area contributed by atoms with E-state index in [0.29, 0.717) is 22.0 Å². The van der Waals surface area contributed by atoms with Crippen molar-refractivity contribution in [2.24, 2.45) is 16.7 Å². The van der Waals surface area contributed by atoms with Crippen LogP contribution in [0.15, 0.2) is 16.7 Å². The van der Waals surface area contributed by atoms with Gasteiger partial charge in [-0.05, 0) is 58.0 Å². The van der Waals surface area contributed by atoms with Crippen LogP contribution in [0.5, 0.6) is 0 Å². The van der Waals surface area contributed by atoms with Gasteiger partial charge in [0.25, 0.3) is 0 Å². The molecule has 1 heterocycles. The third kappa shape index (κ3) is 2.09. The van der Waals surface area contributed by atoms with Crippen molar-refractivity contribution in [1.82, 2.24) is 4.98 Å². The summed E-state index contributed by atoms with van der Waals surface area (Å²) >= 11 is 9.69. The SMILES string of the molecule is CC1(C)C(Nc2cc(Br)cnc2Cl)[C@]2(C)CC[C@H]1C2. The Bertz CT molecular complexity index is 512. The highest BCUT2D eigenvalue weighted by molar-refractivity contribution is 9.10. The van der Waals surface area contributed by atoms with Crippen LogP contribution in [0.4, 0.5) is 5.69 Å². The molecule has 104 valence electrons. The lowest BCUT2D eigenvalue weighted by molar-refractivity contribution is 0.155. The Balaban J connectivity index is 1.92. The Kier molecular flexibility index (Phi) is 3.14. The number of pyridine rings is 1. The van der Waals surface area contributed by atoms with Crippen LogP contribution in [0.1, 0.15) is 40.0 Å². The number of hydrogen-bond donors (Lipinski definition) is 1. The van der Waals surface area contributed by atoms with Crippen molar-refractivity contribution in [3.05, 3.63) is 21.9 Å². The highest BCUT2D eigenvalue weighted by Gasteiger charge is 2.59. The lowest BCUT2D eigenvalue weighted by atomic mass is 9.68. The summed E-state index contributed by atoms with van der Waals surface area (Å²) in [4.78, 5) is 4.21. The van der Waals surface area contributed by atoms with E-state index in [1.54, 1.807) is 6.20 Å². The van der Waals surface area contributed by atoms with Crippen LogP contribution in [0.3, 0.4) is 0 Å². The molecule has 2 bridgehead atoms. The van der Waals surface area contributed by atoms with E-state index in [-0.39, 0.29) is 0 Å². The maximum Gasteiger partial charge on any atom is 0.152 e. The Morgan fingerprint density at radius 1 is 1.42 bits per heavy atom. The van der Waals surface area contributed by atoms with Gasteiger partial charge in [0.05, 0.1) is 5.69 Å². The monoisotopic (exact) mass is 342 g/mol. The zero-order valence-corrected chi connectivity index (χ0v) is 14.0. The largest absolute Gasteiger partial charge is 0.379 e. The number of rotatable bonds is 2. The van der Waals surface area contributed by atoms with Gasteiger partial charge in [0.1, 0.15) is 0 Å². The summed E-state index contributed by atoms with van der Waals surface area (Å²) in [6.07, 6.45) is 5.75. The minimum Gasteiger partial charge on any atom is -0.379 e. The quantitative estimate of drug-likeness (QED) is 0.753. The van der Waals surface area contributed by atoms with Gasteiger partial charge in [-0.2, -0.15) is 0 Å². The molecule has 0 amide bonds. The van der Waals surface area contributed by atoms with E-state index in [2.05, 4.69) is 47.0 Å². The average molecular weight is 344 g/mol. The molecule has 0 radical (unpaired) electrons. The molecule has 0 spiro atoms. The lowest BCUT2D eigenvalue weighted by Gasteiger charge is -2.43. The second kappa shape index (κ2) is 4.36. The first-order valence-electron chi connectivity index (χ1n) is 6.90. The van der Waals surface area contributed by atoms with Crippen LogP contribution in [0.2, 0.25) is 5.15 Å². The molecule has 0 aromatic carbocycles. The van der Waals surface area contributed by atoms with Gasteiger partial charge in [-0.25, -0.2) is 4.98 Å². The maximum atomic E-state index is 6.22. The molecule has 2 fully saturated rings. The van der Waals surface area contributed by atoms with E-state index in [1.807, 2.05) is 6.07 Å². The second-order valence-corrected chi connectivity index (χ2v) is 8.26. The van der Waals surface area contributed by atoms with Gasteiger partial charge in [-0.15, -0.1) is 0 Å². The molecule has 2 saturated carbocycles. The van der Waals surface area contributed by atoms with Crippen LogP contribution in [-0.4, -0.2) is 11.0 Å².